The van der Waals surface area contributed by atoms with Gasteiger partial charge in [0.15, 0.2) is 11.4 Å². The Morgan fingerprint density at radius 1 is 0.898 bits per heavy atom. The molecule has 59 heavy (non-hydrogen) atoms. The SMILES string of the molecule is C[C@H]1[C@H]([Si](C)(C)F)[C@@H](CC(=O)N(CCO)Cc2ccccc2)O[C@]12C(=O)N(Cc1cccc(N3C(=O)c4ccccc4Oc4ccccc43)c1)c1ccc([N+](=O)[O-])cc12. The van der Waals surface area contributed by atoms with E-state index in [9.17, 15) is 24.8 Å². The third-order valence-electron chi connectivity index (χ3n) is 11.6. The maximum Gasteiger partial charge on any atom is 0.269 e. The van der Waals surface area contributed by atoms with Crippen molar-refractivity contribution in [2.45, 2.75) is 56.8 Å². The standard InChI is InChI=1S/C45H43FN4O8Si/c1-29-42(59(2,3)46)40(26-41(52)47(22-23-51)27-30-12-5-4-6-13-30)58-45(29)35-25-33(50(55)56)20-21-36(35)48(44(45)54)28-31-14-11-15-32(24-31)49-37-17-8-10-19-39(37)57-38-18-9-7-16-34(38)43(49)53/h4-21,24-25,29,40,42,51H,22-23,26-28H2,1-3H3/t29-,40+,42-,45+/m0/s1. The second-order valence-corrected chi connectivity index (χ2v) is 19.5. The molecule has 1 N–H and O–H groups in total. The number of hydrogen-bond donors (Lipinski definition) is 1. The van der Waals surface area contributed by atoms with Gasteiger partial charge in [-0.1, -0.05) is 73.7 Å². The largest absolute Gasteiger partial charge is 0.454 e. The van der Waals surface area contributed by atoms with Crippen molar-refractivity contribution in [1.82, 2.24) is 4.90 Å². The number of benzene rings is 5. The number of aliphatic hydroxyl groups is 1. The van der Waals surface area contributed by atoms with Crippen molar-refractivity contribution in [1.29, 1.82) is 0 Å². The maximum atomic E-state index is 16.6. The van der Waals surface area contributed by atoms with Crippen molar-refractivity contribution in [3.63, 3.8) is 0 Å². The topological polar surface area (TPSA) is 143 Å². The first-order valence-corrected chi connectivity index (χ1v) is 22.5. The number of amides is 3. The van der Waals surface area contributed by atoms with Gasteiger partial charge in [-0.2, -0.15) is 0 Å². The van der Waals surface area contributed by atoms with Crippen LogP contribution in [0.4, 0.5) is 26.9 Å². The molecule has 14 heteroatoms. The molecule has 5 aromatic carbocycles. The zero-order valence-electron chi connectivity index (χ0n) is 32.8. The van der Waals surface area contributed by atoms with Crippen LogP contribution in [-0.4, -0.2) is 60.3 Å². The Labute approximate surface area is 341 Å². The van der Waals surface area contributed by atoms with E-state index in [0.717, 1.165) is 5.56 Å². The Kier molecular flexibility index (Phi) is 10.4. The number of rotatable bonds is 11. The number of para-hydroxylation sites is 3. The summed E-state index contributed by atoms with van der Waals surface area (Å²) in [7, 11) is -3.71. The zero-order valence-corrected chi connectivity index (χ0v) is 33.8. The molecule has 0 saturated carbocycles. The number of halogens is 1. The monoisotopic (exact) mass is 814 g/mol. The zero-order chi connectivity index (χ0) is 41.6. The Morgan fingerprint density at radius 2 is 1.59 bits per heavy atom. The molecule has 3 amide bonds. The summed E-state index contributed by atoms with van der Waals surface area (Å²) in [5.41, 5.74) is 0.545. The van der Waals surface area contributed by atoms with Crippen LogP contribution < -0.4 is 14.5 Å². The molecule has 8 rings (SSSR count). The lowest BCUT2D eigenvalue weighted by Gasteiger charge is -2.31. The Morgan fingerprint density at radius 3 is 2.32 bits per heavy atom. The summed E-state index contributed by atoms with van der Waals surface area (Å²) in [5, 5.41) is 22.0. The van der Waals surface area contributed by atoms with Gasteiger partial charge in [-0.3, -0.25) is 29.4 Å². The van der Waals surface area contributed by atoms with Crippen LogP contribution in [0.25, 0.3) is 0 Å². The molecule has 4 atom stereocenters. The molecule has 3 aliphatic rings. The molecule has 0 bridgehead atoms. The number of aliphatic hydroxyl groups excluding tert-OH is 1. The Bertz CT molecular complexity index is 2460. The minimum absolute atomic E-state index is 0.0157. The second kappa shape index (κ2) is 15.5. The van der Waals surface area contributed by atoms with Gasteiger partial charge < -0.3 is 28.5 Å². The number of nitrogens with zero attached hydrogens (tertiary/aromatic N) is 4. The number of ether oxygens (including phenoxy) is 2. The fraction of sp³-hybridized carbons (Fsp3) is 0.267. The number of nitro benzene ring substituents is 1. The normalized spacial score (nSPS) is 20.8. The Hall–Kier alpha value is -6.22. The molecule has 0 aliphatic carbocycles. The highest BCUT2D eigenvalue weighted by atomic mass is 28.4. The fourth-order valence-electron chi connectivity index (χ4n) is 9.07. The highest BCUT2D eigenvalue weighted by Gasteiger charge is 2.67. The molecule has 0 radical (unpaired) electrons. The van der Waals surface area contributed by atoms with Crippen molar-refractivity contribution < 1.29 is 38.0 Å². The quantitative estimate of drug-likeness (QED) is 0.0607. The van der Waals surface area contributed by atoms with E-state index in [4.69, 9.17) is 9.47 Å². The summed E-state index contributed by atoms with van der Waals surface area (Å²) in [6, 6.07) is 34.8. The summed E-state index contributed by atoms with van der Waals surface area (Å²) in [6.07, 6.45) is -1.30. The van der Waals surface area contributed by atoms with E-state index in [0.29, 0.717) is 39.7 Å². The van der Waals surface area contributed by atoms with Gasteiger partial charge in [0.05, 0.1) is 47.5 Å². The molecule has 1 saturated heterocycles. The average molecular weight is 815 g/mol. The van der Waals surface area contributed by atoms with E-state index in [-0.39, 0.29) is 55.7 Å². The fourth-order valence-corrected chi connectivity index (χ4v) is 11.6. The number of non-ortho nitro benzene ring substituents is 1. The summed E-state index contributed by atoms with van der Waals surface area (Å²) in [4.78, 5) is 59.5. The summed E-state index contributed by atoms with van der Waals surface area (Å²) in [6.45, 7) is 4.71. The predicted molar refractivity (Wildman–Crippen MR) is 222 cm³/mol. The van der Waals surface area contributed by atoms with Gasteiger partial charge in [0.25, 0.3) is 17.5 Å². The predicted octanol–water partition coefficient (Wildman–Crippen LogP) is 8.41. The first kappa shape index (κ1) is 39.6. The van der Waals surface area contributed by atoms with Crippen LogP contribution in [0.2, 0.25) is 18.6 Å². The molecular weight excluding hydrogens is 772 g/mol. The number of fused-ring (bicyclic) bond motifs is 4. The second-order valence-electron chi connectivity index (χ2n) is 15.7. The van der Waals surface area contributed by atoms with Crippen molar-refractivity contribution in [3.8, 4) is 11.5 Å². The van der Waals surface area contributed by atoms with Gasteiger partial charge in [0.2, 0.25) is 14.3 Å². The lowest BCUT2D eigenvalue weighted by molar-refractivity contribution is -0.385. The van der Waals surface area contributed by atoms with Crippen LogP contribution in [0.5, 0.6) is 11.5 Å². The van der Waals surface area contributed by atoms with Gasteiger partial charge >= 0.3 is 0 Å². The van der Waals surface area contributed by atoms with Crippen molar-refractivity contribution >= 4 is 48.9 Å². The van der Waals surface area contributed by atoms with Crippen LogP contribution in [0.15, 0.2) is 121 Å². The molecular formula is C45H43FN4O8Si. The lowest BCUT2D eigenvalue weighted by Crippen LogP contribution is -2.45. The lowest BCUT2D eigenvalue weighted by atomic mass is 9.82. The first-order chi connectivity index (χ1) is 28.3. The highest BCUT2D eigenvalue weighted by Crippen LogP contribution is 2.61. The van der Waals surface area contributed by atoms with E-state index < -0.39 is 42.4 Å². The van der Waals surface area contributed by atoms with Gasteiger partial charge in [0, 0.05) is 47.9 Å². The van der Waals surface area contributed by atoms with E-state index in [1.54, 1.807) is 66.4 Å². The van der Waals surface area contributed by atoms with Crippen LogP contribution in [-0.2, 0) is 33.0 Å². The minimum Gasteiger partial charge on any atom is -0.454 e. The molecule has 302 valence electrons. The van der Waals surface area contributed by atoms with Crippen molar-refractivity contribution in [3.05, 3.63) is 154 Å². The molecule has 3 heterocycles. The van der Waals surface area contributed by atoms with E-state index in [2.05, 4.69) is 0 Å². The highest BCUT2D eigenvalue weighted by molar-refractivity contribution is 6.72. The van der Waals surface area contributed by atoms with Gasteiger partial charge in [-0.05, 0) is 66.7 Å². The third kappa shape index (κ3) is 7.06. The van der Waals surface area contributed by atoms with Crippen molar-refractivity contribution in [2.24, 2.45) is 5.92 Å². The van der Waals surface area contributed by atoms with E-state index in [1.807, 2.05) is 48.5 Å². The van der Waals surface area contributed by atoms with Crippen molar-refractivity contribution in [2.75, 3.05) is 23.0 Å². The summed E-state index contributed by atoms with van der Waals surface area (Å²) < 4.78 is 29.6. The van der Waals surface area contributed by atoms with Crippen LogP contribution in [0.3, 0.4) is 0 Å². The molecule has 1 spiro atoms. The van der Waals surface area contributed by atoms with Gasteiger partial charge in [-0.15, -0.1) is 0 Å². The molecule has 1 fully saturated rings. The van der Waals surface area contributed by atoms with Crippen LogP contribution in [0.1, 0.15) is 40.4 Å². The van der Waals surface area contributed by atoms with Gasteiger partial charge in [-0.25, -0.2) is 0 Å². The maximum absolute atomic E-state index is 16.6. The summed E-state index contributed by atoms with van der Waals surface area (Å²) in [5.74, 6) is -1.13. The Balaban J connectivity index is 1.16. The molecule has 3 aliphatic heterocycles. The number of hydrogen-bond acceptors (Lipinski definition) is 8. The van der Waals surface area contributed by atoms with Crippen LogP contribution >= 0.6 is 0 Å². The molecule has 0 aromatic heterocycles. The number of carbonyl (C=O) groups excluding carboxylic acids is 3. The van der Waals surface area contributed by atoms with E-state index >= 15 is 8.90 Å². The smallest absolute Gasteiger partial charge is 0.269 e. The number of carbonyl (C=O) groups is 3. The van der Waals surface area contributed by atoms with Gasteiger partial charge in [0.1, 0.15) is 5.75 Å². The number of nitro groups is 1. The van der Waals surface area contributed by atoms with E-state index in [1.165, 1.54) is 41.1 Å². The molecule has 12 nitrogen and oxygen atoms in total. The first-order valence-electron chi connectivity index (χ1n) is 19.5. The third-order valence-corrected chi connectivity index (χ3v) is 14.1. The summed E-state index contributed by atoms with van der Waals surface area (Å²) >= 11 is 0. The molecule has 0 unspecified atom stereocenters. The minimum atomic E-state index is -3.71. The average Bonchev–Trinajstić information content (AvgIpc) is 3.59. The number of anilines is 3. The van der Waals surface area contributed by atoms with Crippen LogP contribution in [0, 0.1) is 16.0 Å². The molecule has 5 aromatic rings.